The molecule has 0 saturated carbocycles. The van der Waals surface area contributed by atoms with E-state index in [1.807, 2.05) is 0 Å². The van der Waals surface area contributed by atoms with Gasteiger partial charge in [0.25, 0.3) is 0 Å². The van der Waals surface area contributed by atoms with Crippen molar-refractivity contribution in [2.75, 3.05) is 18.4 Å². The van der Waals surface area contributed by atoms with Crippen molar-refractivity contribution in [1.29, 1.82) is 0 Å². The van der Waals surface area contributed by atoms with Gasteiger partial charge in [-0.2, -0.15) is 0 Å². The Labute approximate surface area is 107 Å². The number of hydrogen-bond acceptors (Lipinski definition) is 3. The number of rotatable bonds is 5. The number of halogens is 1. The molecule has 0 atom stereocenters. The summed E-state index contributed by atoms with van der Waals surface area (Å²) < 4.78 is 12.9. The van der Waals surface area contributed by atoms with Crippen molar-refractivity contribution in [2.45, 2.75) is 0 Å². The maximum absolute atomic E-state index is 12.9. The van der Waals surface area contributed by atoms with Crippen LogP contribution in [-0.2, 0) is 9.59 Å². The Hall–Kier alpha value is -2.64. The second kappa shape index (κ2) is 6.34. The van der Waals surface area contributed by atoms with Gasteiger partial charge in [0, 0.05) is 5.69 Å². The van der Waals surface area contributed by atoms with Crippen molar-refractivity contribution in [2.24, 2.45) is 5.73 Å². The fourth-order valence-corrected chi connectivity index (χ4v) is 1.32. The number of benzene rings is 1. The highest BCUT2D eigenvalue weighted by Gasteiger charge is 2.18. The van der Waals surface area contributed by atoms with Crippen LogP contribution >= 0.6 is 0 Å². The molecule has 0 bridgehead atoms. The molecule has 1 aromatic rings. The van der Waals surface area contributed by atoms with E-state index in [2.05, 4.69) is 5.32 Å². The highest BCUT2D eigenvalue weighted by molar-refractivity contribution is 5.93. The summed E-state index contributed by atoms with van der Waals surface area (Å²) >= 11 is 0. The summed E-state index contributed by atoms with van der Waals surface area (Å²) in [5.41, 5.74) is 5.05. The first kappa shape index (κ1) is 14.4. The molecular formula is C11H12FN3O4. The molecule has 0 saturated heterocycles. The molecule has 0 fully saturated rings. The standard InChI is InChI=1S/C11H12FN3O4/c12-7-2-1-3-8(4-7)14-11(19)15(5-9(13)16)6-10(17)18/h1-4H,5-6H2,(H2,13,16)(H,14,19)(H,17,18). The summed E-state index contributed by atoms with van der Waals surface area (Å²) in [6.45, 7) is -1.24. The first-order valence-corrected chi connectivity index (χ1v) is 5.20. The van der Waals surface area contributed by atoms with Gasteiger partial charge in [0.05, 0.1) is 0 Å². The van der Waals surface area contributed by atoms with E-state index >= 15 is 0 Å². The van der Waals surface area contributed by atoms with Crippen molar-refractivity contribution < 1.29 is 23.9 Å². The van der Waals surface area contributed by atoms with Gasteiger partial charge in [-0.15, -0.1) is 0 Å². The monoisotopic (exact) mass is 269 g/mol. The van der Waals surface area contributed by atoms with Crippen LogP contribution in [0.25, 0.3) is 0 Å². The lowest BCUT2D eigenvalue weighted by Gasteiger charge is -2.19. The minimum Gasteiger partial charge on any atom is -0.480 e. The molecule has 4 N–H and O–H groups in total. The van der Waals surface area contributed by atoms with E-state index in [4.69, 9.17) is 10.8 Å². The van der Waals surface area contributed by atoms with E-state index in [-0.39, 0.29) is 5.69 Å². The van der Waals surface area contributed by atoms with Crippen LogP contribution in [0.15, 0.2) is 24.3 Å². The number of amides is 3. The van der Waals surface area contributed by atoms with Crippen LogP contribution in [0.5, 0.6) is 0 Å². The van der Waals surface area contributed by atoms with Crippen LogP contribution in [0.1, 0.15) is 0 Å². The van der Waals surface area contributed by atoms with Gasteiger partial charge in [0.1, 0.15) is 18.9 Å². The summed E-state index contributed by atoms with van der Waals surface area (Å²) in [6.07, 6.45) is 0. The normalized spacial score (nSPS) is 9.74. The number of carbonyl (C=O) groups is 3. The van der Waals surface area contributed by atoms with Gasteiger partial charge in [0.2, 0.25) is 5.91 Å². The first-order chi connectivity index (χ1) is 8.88. The molecule has 0 heterocycles. The van der Waals surface area contributed by atoms with Crippen molar-refractivity contribution >= 4 is 23.6 Å². The zero-order chi connectivity index (χ0) is 14.4. The number of aliphatic carboxylic acids is 1. The van der Waals surface area contributed by atoms with Crippen molar-refractivity contribution in [3.8, 4) is 0 Å². The Bertz CT molecular complexity index is 490. The summed E-state index contributed by atoms with van der Waals surface area (Å²) in [5, 5.41) is 10.9. The van der Waals surface area contributed by atoms with Gasteiger partial charge >= 0.3 is 12.0 Å². The summed E-state index contributed by atoms with van der Waals surface area (Å²) in [6, 6.07) is 4.19. The van der Waals surface area contributed by atoms with Crippen LogP contribution in [0.4, 0.5) is 14.9 Å². The van der Waals surface area contributed by atoms with Crippen LogP contribution in [0.3, 0.4) is 0 Å². The fraction of sp³-hybridized carbons (Fsp3) is 0.182. The van der Waals surface area contributed by atoms with Crippen molar-refractivity contribution in [3.05, 3.63) is 30.1 Å². The third kappa shape index (κ3) is 5.02. The smallest absolute Gasteiger partial charge is 0.323 e. The van der Waals surface area contributed by atoms with E-state index in [0.717, 1.165) is 6.07 Å². The van der Waals surface area contributed by atoms with Crippen LogP contribution < -0.4 is 11.1 Å². The number of primary amides is 1. The number of nitrogens with zero attached hydrogens (tertiary/aromatic N) is 1. The minimum absolute atomic E-state index is 0.143. The van der Waals surface area contributed by atoms with Crippen molar-refractivity contribution in [3.63, 3.8) is 0 Å². The zero-order valence-corrected chi connectivity index (χ0v) is 9.80. The Kier molecular flexibility index (Phi) is 4.81. The number of carboxylic acid groups (broad SMARTS) is 1. The molecule has 1 rings (SSSR count). The summed E-state index contributed by atoms with van der Waals surface area (Å²) in [7, 11) is 0. The molecule has 0 aromatic heterocycles. The molecule has 102 valence electrons. The second-order valence-corrected chi connectivity index (χ2v) is 3.66. The fourth-order valence-electron chi connectivity index (χ4n) is 1.32. The molecule has 0 aliphatic carbocycles. The average Bonchev–Trinajstić information content (AvgIpc) is 2.26. The van der Waals surface area contributed by atoms with Gasteiger partial charge in [0.15, 0.2) is 0 Å². The van der Waals surface area contributed by atoms with E-state index in [0.29, 0.717) is 4.90 Å². The maximum Gasteiger partial charge on any atom is 0.323 e. The second-order valence-electron chi connectivity index (χ2n) is 3.66. The van der Waals surface area contributed by atoms with Gasteiger partial charge in [-0.1, -0.05) is 6.07 Å². The van der Waals surface area contributed by atoms with Gasteiger partial charge in [-0.25, -0.2) is 9.18 Å². The lowest BCUT2D eigenvalue weighted by molar-refractivity contribution is -0.137. The Morgan fingerprint density at radius 3 is 2.53 bits per heavy atom. The first-order valence-electron chi connectivity index (χ1n) is 5.20. The number of nitrogens with one attached hydrogen (secondary N) is 1. The molecule has 0 aliphatic heterocycles. The molecule has 19 heavy (non-hydrogen) atoms. The number of carboxylic acids is 1. The predicted molar refractivity (Wildman–Crippen MR) is 63.8 cm³/mol. The third-order valence-corrected chi connectivity index (χ3v) is 2.04. The van der Waals surface area contributed by atoms with Gasteiger partial charge in [-0.05, 0) is 18.2 Å². The lowest BCUT2D eigenvalue weighted by atomic mass is 10.3. The largest absolute Gasteiger partial charge is 0.480 e. The predicted octanol–water partition coefficient (Wildman–Crippen LogP) is 0.229. The average molecular weight is 269 g/mol. The SMILES string of the molecule is NC(=O)CN(CC(=O)O)C(=O)Nc1cccc(F)c1. The van der Waals surface area contributed by atoms with E-state index in [1.165, 1.54) is 18.2 Å². The number of carbonyl (C=O) groups excluding carboxylic acids is 2. The highest BCUT2D eigenvalue weighted by atomic mass is 19.1. The van der Waals surface area contributed by atoms with E-state index in [9.17, 15) is 18.8 Å². The quantitative estimate of drug-likeness (QED) is 0.710. The summed E-state index contributed by atoms with van der Waals surface area (Å²) in [5.74, 6) is -2.70. The molecular weight excluding hydrogens is 257 g/mol. The number of urea groups is 1. The Morgan fingerprint density at radius 1 is 1.32 bits per heavy atom. The molecule has 7 nitrogen and oxygen atoms in total. The molecule has 3 amide bonds. The topological polar surface area (TPSA) is 113 Å². The van der Waals surface area contributed by atoms with Gasteiger partial charge in [-0.3, -0.25) is 9.59 Å². The Balaban J connectivity index is 2.76. The molecule has 0 aliphatic rings. The maximum atomic E-state index is 12.9. The molecule has 1 aromatic carbocycles. The highest BCUT2D eigenvalue weighted by Crippen LogP contribution is 2.09. The minimum atomic E-state index is -1.30. The number of anilines is 1. The molecule has 8 heteroatoms. The Morgan fingerprint density at radius 2 is 2.00 bits per heavy atom. The zero-order valence-electron chi connectivity index (χ0n) is 9.80. The number of nitrogens with two attached hydrogens (primary N) is 1. The third-order valence-electron chi connectivity index (χ3n) is 2.04. The molecule has 0 radical (unpaired) electrons. The van der Waals surface area contributed by atoms with Crippen LogP contribution in [-0.4, -0.2) is 41.0 Å². The van der Waals surface area contributed by atoms with E-state index in [1.54, 1.807) is 0 Å². The molecule has 0 unspecified atom stereocenters. The number of hydrogen-bond donors (Lipinski definition) is 3. The summed E-state index contributed by atoms with van der Waals surface area (Å²) in [4.78, 5) is 33.7. The van der Waals surface area contributed by atoms with Crippen LogP contribution in [0.2, 0.25) is 0 Å². The van der Waals surface area contributed by atoms with Crippen LogP contribution in [0, 0.1) is 5.82 Å². The van der Waals surface area contributed by atoms with Crippen molar-refractivity contribution in [1.82, 2.24) is 4.90 Å². The lowest BCUT2D eigenvalue weighted by Crippen LogP contribution is -2.43. The van der Waals surface area contributed by atoms with Gasteiger partial charge < -0.3 is 21.1 Å². The van der Waals surface area contributed by atoms with E-state index < -0.39 is 36.8 Å². The molecule has 0 spiro atoms.